The lowest BCUT2D eigenvalue weighted by Gasteiger charge is -2.34. The molecule has 0 fully saturated rings. The Morgan fingerprint density at radius 2 is 1.89 bits per heavy atom. The van der Waals surface area contributed by atoms with Gasteiger partial charge in [-0.25, -0.2) is 14.5 Å². The van der Waals surface area contributed by atoms with Crippen LogP contribution in [0.4, 0.5) is 16.2 Å². The number of nitrogens with zero attached hydrogens (tertiary/aromatic N) is 5. The van der Waals surface area contributed by atoms with E-state index in [1.807, 2.05) is 36.4 Å². The molecule has 0 aliphatic carbocycles. The van der Waals surface area contributed by atoms with Gasteiger partial charge in [-0.15, -0.1) is 0 Å². The van der Waals surface area contributed by atoms with Crippen molar-refractivity contribution >= 4 is 58.1 Å². The molecule has 4 aromatic rings. The SMILES string of the molecule is CO[C@@H](n1cnc2c(N(C)C)nc(N)nc21)[C@](C)(F)[C@H](O)CCOP(=S)(N[C@H](C)C(=O)OC(C)C)Oc1cccc2ccccc12. The van der Waals surface area contributed by atoms with E-state index in [-0.39, 0.29) is 30.7 Å². The number of fused-ring (bicyclic) bond motifs is 2. The molecule has 4 N–H and O–H groups in total. The Morgan fingerprint density at radius 3 is 2.57 bits per heavy atom. The van der Waals surface area contributed by atoms with E-state index in [1.165, 1.54) is 24.9 Å². The minimum atomic E-state index is -3.47. The number of methoxy groups -OCH3 is 1. The summed E-state index contributed by atoms with van der Waals surface area (Å²) in [4.78, 5) is 27.2. The van der Waals surface area contributed by atoms with E-state index in [0.717, 1.165) is 10.8 Å². The Bertz CT molecular complexity index is 1720. The number of hydrogen-bond donors (Lipinski definition) is 3. The molecule has 0 radical (unpaired) electrons. The summed E-state index contributed by atoms with van der Waals surface area (Å²) in [6.45, 7) is 2.58. The van der Waals surface area contributed by atoms with Crippen molar-refractivity contribution in [3.63, 3.8) is 0 Å². The van der Waals surface area contributed by atoms with Gasteiger partial charge >= 0.3 is 12.6 Å². The van der Waals surface area contributed by atoms with Gasteiger partial charge in [-0.05, 0) is 51.0 Å². The van der Waals surface area contributed by atoms with Crippen molar-refractivity contribution < 1.29 is 32.8 Å². The van der Waals surface area contributed by atoms with Gasteiger partial charge in [0.05, 0.1) is 25.1 Å². The second-order valence-electron chi connectivity index (χ2n) is 11.4. The fourth-order valence-corrected chi connectivity index (χ4v) is 7.33. The second-order valence-corrected chi connectivity index (χ2v) is 14.5. The number of esters is 1. The first kappa shape index (κ1) is 35.4. The first-order valence-electron chi connectivity index (χ1n) is 14.6. The van der Waals surface area contributed by atoms with E-state index in [0.29, 0.717) is 17.1 Å². The quantitative estimate of drug-likeness (QED) is 0.119. The fraction of sp³-hybridized carbons (Fsp3) is 0.467. The Hall–Kier alpha value is -3.46. The molecule has 13 nitrogen and oxygen atoms in total. The van der Waals surface area contributed by atoms with Crippen LogP contribution in [0.3, 0.4) is 0 Å². The number of anilines is 2. The summed E-state index contributed by atoms with van der Waals surface area (Å²) in [7, 11) is 4.85. The molecular weight excluding hydrogens is 636 g/mol. The molecule has 0 amide bonds. The zero-order valence-electron chi connectivity index (χ0n) is 26.9. The Labute approximate surface area is 272 Å². The molecule has 4 rings (SSSR count). The first-order valence-corrected chi connectivity index (χ1v) is 17.3. The third-order valence-corrected chi connectivity index (χ3v) is 9.65. The third-order valence-electron chi connectivity index (χ3n) is 7.13. The number of aromatic nitrogens is 4. The molecule has 1 unspecified atom stereocenters. The van der Waals surface area contributed by atoms with Gasteiger partial charge in [0.25, 0.3) is 0 Å². The summed E-state index contributed by atoms with van der Waals surface area (Å²) in [6.07, 6.45) is -2.14. The number of carbonyl (C=O) groups excluding carboxylic acids is 1. The summed E-state index contributed by atoms with van der Waals surface area (Å²) < 4.78 is 41.0. The zero-order valence-corrected chi connectivity index (χ0v) is 28.6. The van der Waals surface area contributed by atoms with Crippen LogP contribution < -0.4 is 20.2 Å². The van der Waals surface area contributed by atoms with Crippen LogP contribution in [0.15, 0.2) is 48.8 Å². The highest BCUT2D eigenvalue weighted by Gasteiger charge is 2.44. The number of nitrogens with one attached hydrogen (secondary N) is 1. The maximum atomic E-state index is 16.5. The van der Waals surface area contributed by atoms with Crippen LogP contribution >= 0.6 is 6.64 Å². The molecule has 0 saturated heterocycles. The number of ether oxygens (including phenoxy) is 2. The summed E-state index contributed by atoms with van der Waals surface area (Å²) in [5.41, 5.74) is 4.18. The summed E-state index contributed by atoms with van der Waals surface area (Å²) >= 11 is 5.84. The largest absolute Gasteiger partial charge is 0.462 e. The van der Waals surface area contributed by atoms with Crippen molar-refractivity contribution in [1.82, 2.24) is 24.6 Å². The normalized spacial score (nSPS) is 16.5. The van der Waals surface area contributed by atoms with Gasteiger partial charge in [0.2, 0.25) is 5.95 Å². The second kappa shape index (κ2) is 14.5. The van der Waals surface area contributed by atoms with Gasteiger partial charge < -0.3 is 34.3 Å². The molecule has 0 aliphatic heterocycles. The summed E-state index contributed by atoms with van der Waals surface area (Å²) in [5.74, 6) is 0.321. The topological polar surface area (TPSA) is 159 Å². The van der Waals surface area contributed by atoms with Crippen LogP contribution in [0.2, 0.25) is 0 Å². The van der Waals surface area contributed by atoms with Gasteiger partial charge in [0.1, 0.15) is 11.8 Å². The van der Waals surface area contributed by atoms with Crippen LogP contribution in [-0.2, 0) is 30.6 Å². The highest BCUT2D eigenvalue weighted by Crippen LogP contribution is 2.47. The first-order chi connectivity index (χ1) is 21.7. The molecule has 2 aromatic carbocycles. The van der Waals surface area contributed by atoms with Gasteiger partial charge in [-0.2, -0.15) is 9.97 Å². The Balaban J connectivity index is 1.55. The molecule has 16 heteroatoms. The third kappa shape index (κ3) is 7.91. The number of aliphatic hydroxyl groups is 1. The monoisotopic (exact) mass is 677 g/mol. The van der Waals surface area contributed by atoms with E-state index in [4.69, 9.17) is 36.1 Å². The van der Waals surface area contributed by atoms with Crippen LogP contribution in [-0.4, -0.2) is 82.3 Å². The summed E-state index contributed by atoms with van der Waals surface area (Å²) in [6, 6.07) is 12.2. The standard InChI is InChI=1S/C30H41FN7O6PS/c1-18(2)43-27(40)19(3)36-45(46,44-22-14-10-12-20-11-8-9-13-21(20)22)42-16-15-23(39)30(4,31)28(41-7)38-17-33-24-25(37(5)6)34-29(32)35-26(24)38/h8-14,17-19,23,28,39H,15-16H2,1-7H3,(H,36,46)(H2,32,34,35)/t19-,23-,28-,30-,45?/m1/s1. The number of rotatable bonds is 15. The number of aliphatic hydroxyl groups excluding tert-OH is 1. The smallest absolute Gasteiger partial charge is 0.323 e. The molecule has 0 spiro atoms. The van der Waals surface area contributed by atoms with Crippen LogP contribution in [0.5, 0.6) is 5.75 Å². The molecule has 5 atom stereocenters. The molecule has 0 aliphatic rings. The number of nitrogen functional groups attached to an aromatic ring is 1. The lowest BCUT2D eigenvalue weighted by molar-refractivity contribution is -0.149. The van der Waals surface area contributed by atoms with Gasteiger partial charge in [-0.3, -0.25) is 9.36 Å². The van der Waals surface area contributed by atoms with E-state index in [9.17, 15) is 9.90 Å². The van der Waals surface area contributed by atoms with E-state index >= 15 is 4.39 Å². The molecule has 250 valence electrons. The maximum absolute atomic E-state index is 16.5. The number of imidazole rings is 1. The number of alkyl halides is 1. The lowest BCUT2D eigenvalue weighted by Crippen LogP contribution is -2.44. The molecule has 2 heterocycles. The summed E-state index contributed by atoms with van der Waals surface area (Å²) in [5, 5.41) is 15.8. The van der Waals surface area contributed by atoms with Crippen molar-refractivity contribution in [2.24, 2.45) is 0 Å². The highest BCUT2D eigenvalue weighted by molar-refractivity contribution is 8.09. The molecular formula is C30H41FN7O6PS. The Kier molecular flexibility index (Phi) is 11.2. The molecule has 46 heavy (non-hydrogen) atoms. The van der Waals surface area contributed by atoms with Crippen molar-refractivity contribution in [2.45, 2.75) is 64.3 Å². The minimum absolute atomic E-state index is 0.0294. The number of nitrogens with two attached hydrogens (primary N) is 1. The molecule has 0 bridgehead atoms. The van der Waals surface area contributed by atoms with E-state index in [1.54, 1.807) is 45.8 Å². The number of carbonyl (C=O) groups is 1. The van der Waals surface area contributed by atoms with Gasteiger partial charge in [0.15, 0.2) is 28.9 Å². The van der Waals surface area contributed by atoms with Gasteiger partial charge in [-0.1, -0.05) is 36.4 Å². The van der Waals surface area contributed by atoms with Crippen molar-refractivity contribution in [2.75, 3.05) is 38.4 Å². The van der Waals surface area contributed by atoms with Crippen molar-refractivity contribution in [3.8, 4) is 5.75 Å². The number of hydrogen-bond acceptors (Lipinski definition) is 12. The Morgan fingerprint density at radius 1 is 1.20 bits per heavy atom. The number of benzene rings is 2. The van der Waals surface area contributed by atoms with Crippen molar-refractivity contribution in [3.05, 3.63) is 48.8 Å². The van der Waals surface area contributed by atoms with Gasteiger partial charge in [0, 0.05) is 33.0 Å². The molecule has 2 aromatic heterocycles. The average molecular weight is 678 g/mol. The van der Waals surface area contributed by atoms with Crippen LogP contribution in [0.25, 0.3) is 21.9 Å². The van der Waals surface area contributed by atoms with Crippen LogP contribution in [0, 0.1) is 0 Å². The highest BCUT2D eigenvalue weighted by atomic mass is 32.5. The minimum Gasteiger partial charge on any atom is -0.462 e. The maximum Gasteiger partial charge on any atom is 0.323 e. The van der Waals surface area contributed by atoms with E-state index in [2.05, 4.69) is 20.0 Å². The fourth-order valence-electron chi connectivity index (χ4n) is 4.87. The number of halogens is 1. The van der Waals surface area contributed by atoms with Crippen LogP contribution in [0.1, 0.15) is 40.3 Å². The van der Waals surface area contributed by atoms with E-state index < -0.39 is 36.7 Å². The predicted molar refractivity (Wildman–Crippen MR) is 179 cm³/mol. The zero-order chi connectivity index (χ0) is 33.8. The predicted octanol–water partition coefficient (Wildman–Crippen LogP) is 4.50. The molecule has 0 saturated carbocycles. The van der Waals surface area contributed by atoms with Crippen molar-refractivity contribution in [1.29, 1.82) is 0 Å². The lowest BCUT2D eigenvalue weighted by atomic mass is 9.96. The average Bonchev–Trinajstić information content (AvgIpc) is 3.39.